The largest absolute Gasteiger partial charge is 0.469 e. The first-order valence-electron chi connectivity index (χ1n) is 6.40. The van der Waals surface area contributed by atoms with Crippen molar-refractivity contribution in [3.63, 3.8) is 0 Å². The molecule has 0 aromatic rings. The third-order valence-corrected chi connectivity index (χ3v) is 4.93. The molecule has 2 unspecified atom stereocenters. The van der Waals surface area contributed by atoms with Crippen LogP contribution in [0.25, 0.3) is 0 Å². The van der Waals surface area contributed by atoms with Gasteiger partial charge in [0.2, 0.25) is 0 Å². The summed E-state index contributed by atoms with van der Waals surface area (Å²) in [5, 5.41) is 3.23. The Morgan fingerprint density at radius 1 is 1.50 bits per heavy atom. The molecule has 20 heavy (non-hydrogen) atoms. The van der Waals surface area contributed by atoms with Crippen molar-refractivity contribution in [2.45, 2.75) is 38.3 Å². The van der Waals surface area contributed by atoms with E-state index in [-0.39, 0.29) is 37.5 Å². The Hall–Kier alpha value is -0.410. The second kappa shape index (κ2) is 8.78. The number of hydrogen-bond acceptors (Lipinski definition) is 5. The Kier molecular flexibility index (Phi) is 8.60. The summed E-state index contributed by atoms with van der Waals surface area (Å²) in [4.78, 5) is 11.0. The van der Waals surface area contributed by atoms with Crippen LogP contribution in [0.4, 0.5) is 0 Å². The zero-order valence-electron chi connectivity index (χ0n) is 12.1. The number of hydrogen-bond donors (Lipinski definition) is 2. The van der Waals surface area contributed by atoms with E-state index < -0.39 is 16.2 Å². The maximum atomic E-state index is 12.1. The van der Waals surface area contributed by atoms with Crippen LogP contribution in [0.15, 0.2) is 0 Å². The van der Waals surface area contributed by atoms with Gasteiger partial charge in [0.1, 0.15) is 0 Å². The average Bonchev–Trinajstić information content (AvgIpc) is 2.37. The van der Waals surface area contributed by atoms with E-state index in [9.17, 15) is 13.2 Å². The number of esters is 1. The molecule has 0 aliphatic carbocycles. The molecule has 1 saturated heterocycles. The highest BCUT2D eigenvalue weighted by atomic mass is 35.5. The van der Waals surface area contributed by atoms with Gasteiger partial charge in [-0.1, -0.05) is 0 Å². The van der Waals surface area contributed by atoms with Gasteiger partial charge in [-0.2, -0.15) is 17.4 Å². The monoisotopic (exact) mass is 329 g/mol. The first-order chi connectivity index (χ1) is 8.86. The summed E-state index contributed by atoms with van der Waals surface area (Å²) < 4.78 is 32.5. The van der Waals surface area contributed by atoms with Crippen LogP contribution in [0.3, 0.4) is 0 Å². The average molecular weight is 330 g/mol. The van der Waals surface area contributed by atoms with Crippen LogP contribution in [0.2, 0.25) is 0 Å². The summed E-state index contributed by atoms with van der Waals surface area (Å²) in [6.45, 7) is 2.98. The molecular formula is C11H24ClN3O4S. The van der Waals surface area contributed by atoms with Crippen LogP contribution in [0.1, 0.15) is 26.2 Å². The molecule has 1 aliphatic rings. The number of carbonyl (C=O) groups is 1. The second-order valence-corrected chi connectivity index (χ2v) is 6.57. The molecule has 2 N–H and O–H groups in total. The first-order valence-corrected chi connectivity index (χ1v) is 7.84. The minimum Gasteiger partial charge on any atom is -0.469 e. The van der Waals surface area contributed by atoms with Gasteiger partial charge in [0.05, 0.1) is 13.5 Å². The Morgan fingerprint density at radius 3 is 2.70 bits per heavy atom. The summed E-state index contributed by atoms with van der Waals surface area (Å²) in [5.41, 5.74) is 0. The normalized spacial score (nSPS) is 23.2. The number of nitrogens with zero attached hydrogens (tertiary/aromatic N) is 1. The number of nitrogens with one attached hydrogen (secondary N) is 2. The molecule has 0 amide bonds. The Bertz CT molecular complexity index is 404. The van der Waals surface area contributed by atoms with Crippen molar-refractivity contribution in [2.24, 2.45) is 0 Å². The van der Waals surface area contributed by atoms with Gasteiger partial charge >= 0.3 is 5.97 Å². The van der Waals surface area contributed by atoms with E-state index in [4.69, 9.17) is 0 Å². The number of methoxy groups -OCH3 is 1. The van der Waals surface area contributed by atoms with Gasteiger partial charge in [-0.3, -0.25) is 4.79 Å². The molecule has 0 saturated carbocycles. The summed E-state index contributed by atoms with van der Waals surface area (Å²) in [6, 6.07) is -0.00291. The lowest BCUT2D eigenvalue weighted by Crippen LogP contribution is -2.54. The van der Waals surface area contributed by atoms with Crippen LogP contribution in [0.5, 0.6) is 0 Å². The van der Waals surface area contributed by atoms with E-state index in [1.165, 1.54) is 14.2 Å². The predicted molar refractivity (Wildman–Crippen MR) is 79.1 cm³/mol. The van der Waals surface area contributed by atoms with Gasteiger partial charge in [-0.25, -0.2) is 0 Å². The van der Waals surface area contributed by atoms with Gasteiger partial charge in [0.15, 0.2) is 0 Å². The van der Waals surface area contributed by atoms with E-state index in [0.29, 0.717) is 0 Å². The number of carbonyl (C=O) groups excluding carboxylic acids is 1. The summed E-state index contributed by atoms with van der Waals surface area (Å²) in [6.07, 6.45) is 1.81. The molecule has 0 aromatic carbocycles. The predicted octanol–water partition coefficient (Wildman–Crippen LogP) is -0.122. The number of rotatable bonds is 6. The third-order valence-electron chi connectivity index (χ3n) is 3.33. The number of halogens is 1. The quantitative estimate of drug-likeness (QED) is 0.663. The molecule has 1 heterocycles. The van der Waals surface area contributed by atoms with Crippen molar-refractivity contribution in [3.05, 3.63) is 0 Å². The molecular weight excluding hydrogens is 306 g/mol. The molecule has 120 valence electrons. The standard InChI is InChI=1S/C11H23N3O4S.ClH/c1-9-10(5-4-7-12-9)13-19(16,17)14(2)8-6-11(15)18-3;/h9-10,12-13H,4-8H2,1-3H3;1H. The van der Waals surface area contributed by atoms with Crippen molar-refractivity contribution in [3.8, 4) is 0 Å². The SMILES string of the molecule is COC(=O)CCN(C)S(=O)(=O)NC1CCCNC1C.Cl. The minimum absolute atomic E-state index is 0. The van der Waals surface area contributed by atoms with Crippen molar-refractivity contribution in [1.82, 2.24) is 14.3 Å². The molecule has 1 aliphatic heterocycles. The molecule has 0 radical (unpaired) electrons. The van der Waals surface area contributed by atoms with Crippen molar-refractivity contribution < 1.29 is 17.9 Å². The molecule has 0 bridgehead atoms. The van der Waals surface area contributed by atoms with Crippen molar-refractivity contribution >= 4 is 28.6 Å². The zero-order valence-corrected chi connectivity index (χ0v) is 13.7. The lowest BCUT2D eigenvalue weighted by Gasteiger charge is -2.31. The fourth-order valence-electron chi connectivity index (χ4n) is 1.96. The summed E-state index contributed by atoms with van der Waals surface area (Å²) in [7, 11) is -0.828. The highest BCUT2D eigenvalue weighted by Crippen LogP contribution is 2.10. The summed E-state index contributed by atoms with van der Waals surface area (Å²) in [5.74, 6) is -0.422. The van der Waals surface area contributed by atoms with Gasteiger partial charge in [0, 0.05) is 25.7 Å². The maximum Gasteiger partial charge on any atom is 0.306 e. The zero-order chi connectivity index (χ0) is 14.5. The highest BCUT2D eigenvalue weighted by Gasteiger charge is 2.27. The maximum absolute atomic E-state index is 12.1. The Balaban J connectivity index is 0.00000361. The topological polar surface area (TPSA) is 87.7 Å². The number of piperidine rings is 1. The van der Waals surface area contributed by atoms with Gasteiger partial charge in [-0.05, 0) is 26.3 Å². The van der Waals surface area contributed by atoms with E-state index in [1.807, 2.05) is 6.92 Å². The molecule has 1 rings (SSSR count). The lowest BCUT2D eigenvalue weighted by atomic mass is 10.0. The Morgan fingerprint density at radius 2 is 2.15 bits per heavy atom. The van der Waals surface area contributed by atoms with Crippen molar-refractivity contribution in [2.75, 3.05) is 27.2 Å². The van der Waals surface area contributed by atoms with Crippen LogP contribution < -0.4 is 10.0 Å². The second-order valence-electron chi connectivity index (χ2n) is 4.76. The minimum atomic E-state index is -3.56. The molecule has 1 fully saturated rings. The summed E-state index contributed by atoms with van der Waals surface area (Å²) >= 11 is 0. The highest BCUT2D eigenvalue weighted by molar-refractivity contribution is 7.87. The molecule has 2 atom stereocenters. The van der Waals surface area contributed by atoms with Gasteiger partial charge < -0.3 is 10.1 Å². The van der Waals surface area contributed by atoms with Crippen LogP contribution in [-0.4, -0.2) is 58.0 Å². The van der Waals surface area contributed by atoms with Crippen molar-refractivity contribution in [1.29, 1.82) is 0 Å². The first kappa shape index (κ1) is 19.6. The number of ether oxygens (including phenoxy) is 1. The van der Waals surface area contributed by atoms with E-state index in [0.717, 1.165) is 23.7 Å². The molecule has 0 spiro atoms. The van der Waals surface area contributed by atoms with Crippen LogP contribution in [0, 0.1) is 0 Å². The van der Waals surface area contributed by atoms with E-state index >= 15 is 0 Å². The fraction of sp³-hybridized carbons (Fsp3) is 0.909. The van der Waals surface area contributed by atoms with E-state index in [1.54, 1.807) is 0 Å². The fourth-order valence-corrected chi connectivity index (χ4v) is 3.17. The third kappa shape index (κ3) is 5.92. The molecule has 0 aromatic heterocycles. The lowest BCUT2D eigenvalue weighted by molar-refractivity contribution is -0.140. The Labute approximate surface area is 127 Å². The van der Waals surface area contributed by atoms with Gasteiger partial charge in [0.25, 0.3) is 10.2 Å². The van der Waals surface area contributed by atoms with Crippen LogP contribution >= 0.6 is 12.4 Å². The van der Waals surface area contributed by atoms with E-state index in [2.05, 4.69) is 14.8 Å². The molecule has 7 nitrogen and oxygen atoms in total. The smallest absolute Gasteiger partial charge is 0.306 e. The molecule has 9 heteroatoms. The van der Waals surface area contributed by atoms with Crippen LogP contribution in [-0.2, 0) is 19.7 Å². The van der Waals surface area contributed by atoms with Gasteiger partial charge in [-0.15, -0.1) is 12.4 Å².